The summed E-state index contributed by atoms with van der Waals surface area (Å²) in [4.78, 5) is 24.4. The molecule has 0 fully saturated rings. The molecule has 34 heavy (non-hydrogen) atoms. The molecule has 172 valence electrons. The second-order valence-corrected chi connectivity index (χ2v) is 8.82. The van der Waals surface area contributed by atoms with Crippen molar-refractivity contribution in [3.8, 4) is 45.3 Å². The number of rotatable bonds is 4. The molecule has 0 aliphatic carbocycles. The molecule has 0 saturated carbocycles. The van der Waals surface area contributed by atoms with Crippen molar-refractivity contribution in [3.05, 3.63) is 76.6 Å². The van der Waals surface area contributed by atoms with Crippen molar-refractivity contribution in [2.45, 2.75) is 26.4 Å². The highest BCUT2D eigenvalue weighted by molar-refractivity contribution is 5.93. The Morgan fingerprint density at radius 2 is 1.68 bits per heavy atom. The number of aromatic hydroxyl groups is 2. The first-order chi connectivity index (χ1) is 16.2. The molecule has 0 spiro atoms. The molecular formula is C26H23N3O5. The Balaban J connectivity index is 1.88. The van der Waals surface area contributed by atoms with Crippen molar-refractivity contribution in [1.82, 2.24) is 14.3 Å². The normalized spacial score (nSPS) is 14.6. The standard InChI is InChI=1S/C26H23N3O5/c1-14(2)21-13-29-25(20-11-22(32)19(26(33)34)12-28(20)21)23(15-5-3-7-17(30)9-15)24(27-29)16-6-4-8-18(31)10-16/h3-12,14,21,30-31H,13H2,1-2H3,(H,33,34)/t21-/m0/s1. The van der Waals surface area contributed by atoms with E-state index >= 15 is 0 Å². The van der Waals surface area contributed by atoms with E-state index in [0.29, 0.717) is 40.3 Å². The number of fused-ring (bicyclic) bond motifs is 3. The smallest absolute Gasteiger partial charge is 0.341 e. The third-order valence-electron chi connectivity index (χ3n) is 6.25. The molecule has 8 nitrogen and oxygen atoms in total. The zero-order chi connectivity index (χ0) is 24.1. The lowest BCUT2D eigenvalue weighted by molar-refractivity contribution is 0.0694. The summed E-state index contributed by atoms with van der Waals surface area (Å²) in [5.74, 6) is -0.967. The van der Waals surface area contributed by atoms with Gasteiger partial charge in [-0.2, -0.15) is 5.10 Å². The van der Waals surface area contributed by atoms with Gasteiger partial charge in [-0.15, -0.1) is 0 Å². The number of hydrogen-bond acceptors (Lipinski definition) is 5. The van der Waals surface area contributed by atoms with Crippen LogP contribution in [-0.4, -0.2) is 35.6 Å². The molecule has 2 aromatic carbocycles. The van der Waals surface area contributed by atoms with Crippen LogP contribution in [0, 0.1) is 5.92 Å². The van der Waals surface area contributed by atoms with Crippen LogP contribution >= 0.6 is 0 Å². The number of benzene rings is 2. The summed E-state index contributed by atoms with van der Waals surface area (Å²) < 4.78 is 3.68. The highest BCUT2D eigenvalue weighted by Crippen LogP contribution is 2.44. The van der Waals surface area contributed by atoms with Crippen molar-refractivity contribution in [3.63, 3.8) is 0 Å². The Labute approximate surface area is 195 Å². The van der Waals surface area contributed by atoms with Gasteiger partial charge in [0.1, 0.15) is 22.8 Å². The van der Waals surface area contributed by atoms with E-state index in [1.165, 1.54) is 12.3 Å². The number of phenols is 2. The fraction of sp³-hybridized carbons (Fsp3) is 0.192. The van der Waals surface area contributed by atoms with Gasteiger partial charge in [0.25, 0.3) is 0 Å². The third kappa shape index (κ3) is 3.44. The monoisotopic (exact) mass is 457 g/mol. The highest BCUT2D eigenvalue weighted by Gasteiger charge is 2.33. The lowest BCUT2D eigenvalue weighted by Gasteiger charge is -2.32. The van der Waals surface area contributed by atoms with Crippen LogP contribution in [0.15, 0.2) is 65.6 Å². The fourth-order valence-corrected chi connectivity index (χ4v) is 4.62. The minimum Gasteiger partial charge on any atom is -0.508 e. The predicted octanol–water partition coefficient (Wildman–Crippen LogP) is 4.37. The molecule has 5 rings (SSSR count). The summed E-state index contributed by atoms with van der Waals surface area (Å²) in [7, 11) is 0. The molecule has 1 aliphatic rings. The molecule has 0 saturated heterocycles. The maximum atomic E-state index is 12.7. The van der Waals surface area contributed by atoms with Crippen molar-refractivity contribution >= 4 is 5.97 Å². The molecule has 0 bridgehead atoms. The highest BCUT2D eigenvalue weighted by atomic mass is 16.4. The largest absolute Gasteiger partial charge is 0.508 e. The molecule has 1 aliphatic heterocycles. The minimum absolute atomic E-state index is 0.0776. The Morgan fingerprint density at radius 1 is 1.03 bits per heavy atom. The first kappa shape index (κ1) is 21.5. The van der Waals surface area contributed by atoms with Crippen LogP contribution in [0.25, 0.3) is 33.8 Å². The Hall–Kier alpha value is -4.33. The summed E-state index contributed by atoms with van der Waals surface area (Å²) in [6, 6.07) is 14.7. The zero-order valence-electron chi connectivity index (χ0n) is 18.6. The third-order valence-corrected chi connectivity index (χ3v) is 6.25. The second kappa shape index (κ2) is 7.91. The van der Waals surface area contributed by atoms with Crippen molar-refractivity contribution < 1.29 is 20.1 Å². The minimum atomic E-state index is -1.27. The van der Waals surface area contributed by atoms with Crippen molar-refractivity contribution in [2.24, 2.45) is 5.92 Å². The lowest BCUT2D eigenvalue weighted by Crippen LogP contribution is -2.31. The number of nitrogens with zero attached hydrogens (tertiary/aromatic N) is 3. The fourth-order valence-electron chi connectivity index (χ4n) is 4.62. The quantitative estimate of drug-likeness (QED) is 0.419. The maximum Gasteiger partial charge on any atom is 0.341 e. The van der Waals surface area contributed by atoms with Gasteiger partial charge in [0, 0.05) is 23.4 Å². The summed E-state index contributed by atoms with van der Waals surface area (Å²) in [5, 5.41) is 34.7. The van der Waals surface area contributed by atoms with Crippen LogP contribution < -0.4 is 5.43 Å². The molecule has 8 heteroatoms. The first-order valence-corrected chi connectivity index (χ1v) is 10.9. The van der Waals surface area contributed by atoms with E-state index in [0.717, 1.165) is 0 Å². The molecule has 0 radical (unpaired) electrons. The number of pyridine rings is 1. The van der Waals surface area contributed by atoms with Crippen LogP contribution in [0.1, 0.15) is 30.2 Å². The average molecular weight is 457 g/mol. The molecule has 1 atom stereocenters. The van der Waals surface area contributed by atoms with Gasteiger partial charge in [0.05, 0.1) is 24.0 Å². The van der Waals surface area contributed by atoms with Gasteiger partial charge < -0.3 is 19.9 Å². The van der Waals surface area contributed by atoms with Gasteiger partial charge in [0.15, 0.2) is 5.43 Å². The van der Waals surface area contributed by atoms with Crippen molar-refractivity contribution in [2.75, 3.05) is 0 Å². The Bertz CT molecular complexity index is 1500. The number of hydrogen-bond donors (Lipinski definition) is 3. The molecule has 0 amide bonds. The number of phenolic OH excluding ortho intramolecular Hbond substituents is 2. The number of carboxylic acid groups (broad SMARTS) is 1. The number of aromatic carboxylic acids is 1. The van der Waals surface area contributed by atoms with Crippen LogP contribution in [0.4, 0.5) is 0 Å². The molecule has 3 N–H and O–H groups in total. The molecule has 2 aromatic heterocycles. The summed E-state index contributed by atoms with van der Waals surface area (Å²) >= 11 is 0. The van der Waals surface area contributed by atoms with Crippen LogP contribution in [-0.2, 0) is 6.54 Å². The van der Waals surface area contributed by atoms with Gasteiger partial charge in [0.2, 0.25) is 0 Å². The first-order valence-electron chi connectivity index (χ1n) is 10.9. The van der Waals surface area contributed by atoms with E-state index < -0.39 is 11.4 Å². The second-order valence-electron chi connectivity index (χ2n) is 8.82. The topological polar surface area (TPSA) is 118 Å². The summed E-state index contributed by atoms with van der Waals surface area (Å²) in [6.07, 6.45) is 1.42. The molecular weight excluding hydrogens is 434 g/mol. The number of aromatic nitrogens is 3. The van der Waals surface area contributed by atoms with E-state index in [1.54, 1.807) is 36.4 Å². The zero-order valence-corrected chi connectivity index (χ0v) is 18.6. The lowest BCUT2D eigenvalue weighted by atomic mass is 9.94. The number of carbonyl (C=O) groups is 1. The van der Waals surface area contributed by atoms with Gasteiger partial charge in [-0.1, -0.05) is 38.1 Å². The van der Waals surface area contributed by atoms with Crippen LogP contribution in [0.2, 0.25) is 0 Å². The van der Waals surface area contributed by atoms with E-state index in [1.807, 2.05) is 35.2 Å². The van der Waals surface area contributed by atoms with Crippen LogP contribution in [0.3, 0.4) is 0 Å². The molecule has 4 aromatic rings. The van der Waals surface area contributed by atoms with E-state index in [-0.39, 0.29) is 29.0 Å². The van der Waals surface area contributed by atoms with Gasteiger partial charge >= 0.3 is 5.97 Å². The Kier molecular flexibility index (Phi) is 5.01. The molecule has 0 unspecified atom stereocenters. The van der Waals surface area contributed by atoms with Gasteiger partial charge in [-0.3, -0.25) is 9.48 Å². The Morgan fingerprint density at radius 3 is 2.29 bits per heavy atom. The SMILES string of the molecule is CC(C)[C@@H]1Cn2nc(-c3cccc(O)c3)c(-c3cccc(O)c3)c2-c2cc(=O)c(C(=O)O)cn21. The van der Waals surface area contributed by atoms with Gasteiger partial charge in [-0.25, -0.2) is 4.79 Å². The van der Waals surface area contributed by atoms with Gasteiger partial charge in [-0.05, 0) is 35.7 Å². The predicted molar refractivity (Wildman–Crippen MR) is 127 cm³/mol. The van der Waals surface area contributed by atoms with E-state index in [2.05, 4.69) is 0 Å². The number of carboxylic acids is 1. The van der Waals surface area contributed by atoms with E-state index in [9.17, 15) is 24.9 Å². The summed E-state index contributed by atoms with van der Waals surface area (Å²) in [6.45, 7) is 4.54. The van der Waals surface area contributed by atoms with Crippen LogP contribution in [0.5, 0.6) is 11.5 Å². The van der Waals surface area contributed by atoms with Crippen molar-refractivity contribution in [1.29, 1.82) is 0 Å². The summed E-state index contributed by atoms with van der Waals surface area (Å²) in [5.41, 5.74) is 2.96. The van der Waals surface area contributed by atoms with E-state index in [4.69, 9.17) is 5.10 Å². The molecule has 3 heterocycles. The maximum absolute atomic E-state index is 12.7. The average Bonchev–Trinajstić information content (AvgIpc) is 3.17.